The van der Waals surface area contributed by atoms with Gasteiger partial charge in [-0.2, -0.15) is 0 Å². The number of hydrogen-bond donors (Lipinski definition) is 1. The lowest BCUT2D eigenvalue weighted by molar-refractivity contribution is 0.285. The van der Waals surface area contributed by atoms with Crippen LogP contribution in [0.3, 0.4) is 0 Å². The highest BCUT2D eigenvalue weighted by molar-refractivity contribution is 5.15. The van der Waals surface area contributed by atoms with E-state index >= 15 is 0 Å². The van der Waals surface area contributed by atoms with Crippen molar-refractivity contribution in [1.29, 1.82) is 0 Å². The van der Waals surface area contributed by atoms with Crippen LogP contribution in [-0.4, -0.2) is 11.7 Å². The van der Waals surface area contributed by atoms with Crippen LogP contribution in [0.2, 0.25) is 0 Å². The lowest BCUT2D eigenvalue weighted by Gasteiger charge is -1.89. The third-order valence-corrected chi connectivity index (χ3v) is 1.84. The zero-order valence-corrected chi connectivity index (χ0v) is 9.60. The third-order valence-electron chi connectivity index (χ3n) is 1.84. The van der Waals surface area contributed by atoms with Gasteiger partial charge >= 0.3 is 0 Å². The predicted molar refractivity (Wildman–Crippen MR) is 67.8 cm³/mol. The van der Waals surface area contributed by atoms with Gasteiger partial charge in [0.2, 0.25) is 0 Å². The number of aliphatic hydroxyl groups is 1. The molecule has 0 saturated heterocycles. The van der Waals surface area contributed by atoms with Crippen LogP contribution >= 0.6 is 0 Å². The van der Waals surface area contributed by atoms with Crippen molar-refractivity contribution in [3.8, 4) is 0 Å². The van der Waals surface area contributed by atoms with E-state index in [4.69, 9.17) is 5.11 Å². The molecule has 0 bridgehead atoms. The minimum absolute atomic E-state index is 0.302. The summed E-state index contributed by atoms with van der Waals surface area (Å²) in [6.45, 7) is 2.42. The average molecular weight is 206 g/mol. The highest BCUT2D eigenvalue weighted by Gasteiger charge is 1.80. The van der Waals surface area contributed by atoms with E-state index in [1.807, 2.05) is 30.4 Å². The van der Waals surface area contributed by atoms with E-state index in [0.717, 1.165) is 25.7 Å². The van der Waals surface area contributed by atoms with Crippen LogP contribution < -0.4 is 0 Å². The topological polar surface area (TPSA) is 20.2 Å². The van der Waals surface area contributed by atoms with Gasteiger partial charge in [0.15, 0.2) is 0 Å². The van der Waals surface area contributed by atoms with Crippen molar-refractivity contribution in [2.75, 3.05) is 6.61 Å². The first kappa shape index (κ1) is 13.9. The summed E-state index contributed by atoms with van der Waals surface area (Å²) in [7, 11) is 0. The molecule has 0 radical (unpaired) electrons. The molecule has 0 fully saturated rings. The number of hydrogen-bond acceptors (Lipinski definition) is 1. The second-order valence-corrected chi connectivity index (χ2v) is 3.25. The van der Waals surface area contributed by atoms with E-state index in [1.54, 1.807) is 0 Å². The fourth-order valence-electron chi connectivity index (χ4n) is 1.02. The Hall–Kier alpha value is -1.08. The maximum absolute atomic E-state index is 8.56. The van der Waals surface area contributed by atoms with Crippen LogP contribution in [0, 0.1) is 0 Å². The third kappa shape index (κ3) is 12.9. The van der Waals surface area contributed by atoms with Gasteiger partial charge in [0.25, 0.3) is 0 Å². The molecule has 0 rings (SSSR count). The molecular weight excluding hydrogens is 184 g/mol. The van der Waals surface area contributed by atoms with Crippen molar-refractivity contribution in [2.45, 2.75) is 32.6 Å². The molecule has 84 valence electrons. The van der Waals surface area contributed by atoms with Gasteiger partial charge in [-0.15, -0.1) is 0 Å². The molecule has 0 heterocycles. The Morgan fingerprint density at radius 3 is 2.00 bits per heavy atom. The van der Waals surface area contributed by atoms with Crippen LogP contribution in [-0.2, 0) is 0 Å². The zero-order chi connectivity index (χ0) is 11.2. The van der Waals surface area contributed by atoms with Gasteiger partial charge in [-0.1, -0.05) is 55.5 Å². The Labute approximate surface area is 93.5 Å². The van der Waals surface area contributed by atoms with Crippen molar-refractivity contribution in [2.24, 2.45) is 0 Å². The molecule has 1 N–H and O–H groups in total. The summed E-state index contributed by atoms with van der Waals surface area (Å²) in [5.74, 6) is 0. The molecule has 15 heavy (non-hydrogen) atoms. The summed E-state index contributed by atoms with van der Waals surface area (Å²) in [5.41, 5.74) is 0. The van der Waals surface area contributed by atoms with Crippen LogP contribution in [0.1, 0.15) is 32.6 Å². The summed E-state index contributed by atoms with van der Waals surface area (Å²) >= 11 is 0. The van der Waals surface area contributed by atoms with Gasteiger partial charge < -0.3 is 5.11 Å². The maximum atomic E-state index is 8.56. The molecule has 1 heteroatoms. The molecule has 0 unspecified atom stereocenters. The molecule has 1 nitrogen and oxygen atoms in total. The van der Waals surface area contributed by atoms with Crippen molar-refractivity contribution in [3.05, 3.63) is 48.6 Å². The fourth-order valence-corrected chi connectivity index (χ4v) is 1.02. The van der Waals surface area contributed by atoms with Crippen LogP contribution in [0.4, 0.5) is 0 Å². The van der Waals surface area contributed by atoms with Crippen molar-refractivity contribution in [1.82, 2.24) is 0 Å². The first-order valence-electron chi connectivity index (χ1n) is 5.67. The summed E-state index contributed by atoms with van der Waals surface area (Å²) in [6.07, 6.45) is 20.5. The van der Waals surface area contributed by atoms with Gasteiger partial charge in [-0.25, -0.2) is 0 Å². The van der Waals surface area contributed by atoms with Crippen molar-refractivity contribution in [3.63, 3.8) is 0 Å². The minimum Gasteiger partial charge on any atom is -0.396 e. The first-order chi connectivity index (χ1) is 7.41. The van der Waals surface area contributed by atoms with Crippen LogP contribution in [0.25, 0.3) is 0 Å². The monoisotopic (exact) mass is 206 g/mol. The summed E-state index contributed by atoms with van der Waals surface area (Å²) in [4.78, 5) is 0. The van der Waals surface area contributed by atoms with E-state index in [2.05, 4.69) is 25.2 Å². The second-order valence-electron chi connectivity index (χ2n) is 3.25. The molecule has 0 saturated carbocycles. The molecule has 0 atom stereocenters. The molecule has 0 aliphatic carbocycles. The zero-order valence-electron chi connectivity index (χ0n) is 9.60. The smallest absolute Gasteiger partial charge is 0.0431 e. The number of aliphatic hydroxyl groups excluding tert-OH is 1. The Morgan fingerprint density at radius 1 is 0.800 bits per heavy atom. The predicted octanol–water partition coefficient (Wildman–Crippen LogP) is 3.78. The standard InChI is InChI=1S/C14H22O/c1-2-3-4-5-6-7-8-9-10-11-12-13-14-15/h3-10,15H,2,11-14H2,1H3. The summed E-state index contributed by atoms with van der Waals surface area (Å²) < 4.78 is 0. The molecule has 0 aromatic carbocycles. The van der Waals surface area contributed by atoms with Crippen LogP contribution in [0.15, 0.2) is 48.6 Å². The Morgan fingerprint density at radius 2 is 1.40 bits per heavy atom. The van der Waals surface area contributed by atoms with E-state index < -0.39 is 0 Å². The summed E-state index contributed by atoms with van der Waals surface area (Å²) in [5, 5.41) is 8.56. The van der Waals surface area contributed by atoms with Crippen LogP contribution in [0.5, 0.6) is 0 Å². The molecule has 0 aromatic rings. The molecule has 0 aliphatic rings. The van der Waals surface area contributed by atoms with E-state index in [0.29, 0.717) is 6.61 Å². The number of unbranched alkanes of at least 4 members (excludes halogenated alkanes) is 2. The van der Waals surface area contributed by atoms with E-state index in [1.165, 1.54) is 0 Å². The molecular formula is C14H22O. The Balaban J connectivity index is 3.44. The minimum atomic E-state index is 0.302. The fraction of sp³-hybridized carbons (Fsp3) is 0.429. The van der Waals surface area contributed by atoms with Gasteiger partial charge in [-0.05, 0) is 25.7 Å². The average Bonchev–Trinajstić information content (AvgIpc) is 2.26. The molecule has 0 amide bonds. The SMILES string of the molecule is CCC=CC=CC=CC=CCCCCO. The highest BCUT2D eigenvalue weighted by atomic mass is 16.2. The quantitative estimate of drug-likeness (QED) is 0.473. The van der Waals surface area contributed by atoms with E-state index in [-0.39, 0.29) is 0 Å². The molecule has 0 aromatic heterocycles. The van der Waals surface area contributed by atoms with Gasteiger partial charge in [-0.3, -0.25) is 0 Å². The number of rotatable bonds is 8. The maximum Gasteiger partial charge on any atom is 0.0431 e. The lowest BCUT2D eigenvalue weighted by Crippen LogP contribution is -1.79. The van der Waals surface area contributed by atoms with Crippen molar-refractivity contribution >= 4 is 0 Å². The molecule has 0 spiro atoms. The lowest BCUT2D eigenvalue weighted by atomic mass is 10.2. The summed E-state index contributed by atoms with van der Waals surface area (Å²) in [6, 6.07) is 0. The highest BCUT2D eigenvalue weighted by Crippen LogP contribution is 1.95. The number of allylic oxidation sites excluding steroid dienone is 8. The Kier molecular flexibility index (Phi) is 12.0. The van der Waals surface area contributed by atoms with Gasteiger partial charge in [0.1, 0.15) is 0 Å². The van der Waals surface area contributed by atoms with Gasteiger partial charge in [0, 0.05) is 6.61 Å². The van der Waals surface area contributed by atoms with E-state index in [9.17, 15) is 0 Å². The first-order valence-corrected chi connectivity index (χ1v) is 5.67. The molecule has 0 aliphatic heterocycles. The normalized spacial score (nSPS) is 12.9. The largest absolute Gasteiger partial charge is 0.396 e. The second kappa shape index (κ2) is 12.9. The Bertz CT molecular complexity index is 221. The van der Waals surface area contributed by atoms with Gasteiger partial charge in [0.05, 0.1) is 0 Å². The van der Waals surface area contributed by atoms with Crippen molar-refractivity contribution < 1.29 is 5.11 Å².